The Kier molecular flexibility index (Phi) is 4.16. The van der Waals surface area contributed by atoms with E-state index in [1.165, 1.54) is 6.20 Å². The summed E-state index contributed by atoms with van der Waals surface area (Å²) in [7, 11) is -3.58. The highest BCUT2D eigenvalue weighted by Gasteiger charge is 2.18. The number of hydrogen-bond donors (Lipinski definition) is 1. The van der Waals surface area contributed by atoms with Crippen molar-refractivity contribution >= 4 is 15.9 Å². The van der Waals surface area contributed by atoms with Crippen LogP contribution in [0.1, 0.15) is 11.1 Å². The summed E-state index contributed by atoms with van der Waals surface area (Å²) < 4.78 is 32.2. The second-order valence-corrected chi connectivity index (χ2v) is 7.00. The lowest BCUT2D eigenvalue weighted by Gasteiger charge is -2.07. The Labute approximate surface area is 135 Å². The van der Waals surface area contributed by atoms with E-state index < -0.39 is 10.0 Å². The number of nitrogens with one attached hydrogen (secondary N) is 1. The van der Waals surface area contributed by atoms with Gasteiger partial charge in [-0.05, 0) is 18.1 Å². The lowest BCUT2D eigenvalue weighted by atomic mass is 10.1. The maximum atomic E-state index is 12.3. The normalized spacial score (nSPS) is 11.3. The molecule has 0 bridgehead atoms. The Balaban J connectivity index is 1.83. The van der Waals surface area contributed by atoms with Crippen molar-refractivity contribution in [3.05, 3.63) is 71.9 Å². The van der Waals surface area contributed by atoms with Crippen LogP contribution in [-0.2, 0) is 15.8 Å². The zero-order valence-corrected chi connectivity index (χ0v) is 13.4. The SMILES string of the molecule is Cc1ccc(-c2cnoc2NS(=O)(=O)Cc2ccccc2)cc1. The smallest absolute Gasteiger partial charge is 0.245 e. The van der Waals surface area contributed by atoms with Crippen LogP contribution >= 0.6 is 0 Å². The third-order valence-corrected chi connectivity index (χ3v) is 4.59. The molecular weight excluding hydrogens is 312 g/mol. The summed E-state index contributed by atoms with van der Waals surface area (Å²) in [6, 6.07) is 16.7. The van der Waals surface area contributed by atoms with Crippen molar-refractivity contribution in [2.45, 2.75) is 12.7 Å². The quantitative estimate of drug-likeness (QED) is 0.777. The summed E-state index contributed by atoms with van der Waals surface area (Å²) in [5.74, 6) is 0.00629. The van der Waals surface area contributed by atoms with E-state index in [4.69, 9.17) is 4.52 Å². The second-order valence-electron chi connectivity index (χ2n) is 5.28. The van der Waals surface area contributed by atoms with Crippen molar-refractivity contribution in [1.29, 1.82) is 0 Å². The molecule has 23 heavy (non-hydrogen) atoms. The first-order valence-corrected chi connectivity index (χ1v) is 8.75. The van der Waals surface area contributed by atoms with Crippen LogP contribution < -0.4 is 4.72 Å². The van der Waals surface area contributed by atoms with Crippen molar-refractivity contribution in [3.8, 4) is 11.1 Å². The predicted octanol–water partition coefficient (Wildman–Crippen LogP) is 3.59. The number of rotatable bonds is 5. The number of benzene rings is 2. The third kappa shape index (κ3) is 3.78. The fraction of sp³-hybridized carbons (Fsp3) is 0.118. The van der Waals surface area contributed by atoms with Gasteiger partial charge in [0, 0.05) is 0 Å². The minimum Gasteiger partial charge on any atom is -0.337 e. The molecule has 118 valence electrons. The molecule has 1 aromatic heterocycles. The topological polar surface area (TPSA) is 72.2 Å². The van der Waals surface area contributed by atoms with E-state index in [0.29, 0.717) is 11.1 Å². The van der Waals surface area contributed by atoms with Gasteiger partial charge in [0.25, 0.3) is 0 Å². The van der Waals surface area contributed by atoms with Crippen LogP contribution in [0.4, 0.5) is 5.88 Å². The minimum atomic E-state index is -3.58. The van der Waals surface area contributed by atoms with Crippen molar-refractivity contribution in [3.63, 3.8) is 0 Å². The molecule has 0 radical (unpaired) electrons. The van der Waals surface area contributed by atoms with Gasteiger partial charge in [0.05, 0.1) is 17.5 Å². The Morgan fingerprint density at radius 1 is 1.04 bits per heavy atom. The molecule has 1 heterocycles. The van der Waals surface area contributed by atoms with Crippen molar-refractivity contribution < 1.29 is 12.9 Å². The molecule has 0 saturated heterocycles. The van der Waals surface area contributed by atoms with Gasteiger partial charge in [0.2, 0.25) is 15.9 Å². The van der Waals surface area contributed by atoms with Gasteiger partial charge >= 0.3 is 0 Å². The van der Waals surface area contributed by atoms with Gasteiger partial charge < -0.3 is 4.52 Å². The Morgan fingerprint density at radius 3 is 2.43 bits per heavy atom. The summed E-state index contributed by atoms with van der Waals surface area (Å²) in [4.78, 5) is 0. The zero-order valence-electron chi connectivity index (χ0n) is 12.6. The molecule has 2 aromatic carbocycles. The Hall–Kier alpha value is -2.60. The highest BCUT2D eigenvalue weighted by Crippen LogP contribution is 2.29. The van der Waals surface area contributed by atoms with Crippen LogP contribution in [0.15, 0.2) is 65.3 Å². The summed E-state index contributed by atoms with van der Waals surface area (Å²) in [6.07, 6.45) is 1.50. The van der Waals surface area contributed by atoms with E-state index in [-0.39, 0.29) is 11.6 Å². The molecule has 1 N–H and O–H groups in total. The molecule has 0 fully saturated rings. The lowest BCUT2D eigenvalue weighted by molar-refractivity contribution is 0.435. The van der Waals surface area contributed by atoms with Crippen LogP contribution in [0.3, 0.4) is 0 Å². The fourth-order valence-electron chi connectivity index (χ4n) is 2.22. The molecule has 5 nitrogen and oxygen atoms in total. The van der Waals surface area contributed by atoms with Gasteiger partial charge in [-0.25, -0.2) is 8.42 Å². The van der Waals surface area contributed by atoms with E-state index in [0.717, 1.165) is 11.1 Å². The highest BCUT2D eigenvalue weighted by molar-refractivity contribution is 7.91. The number of anilines is 1. The number of aromatic nitrogens is 1. The van der Waals surface area contributed by atoms with E-state index in [9.17, 15) is 8.42 Å². The number of nitrogens with zero attached hydrogens (tertiary/aromatic N) is 1. The summed E-state index contributed by atoms with van der Waals surface area (Å²) in [5.41, 5.74) is 3.28. The Morgan fingerprint density at radius 2 is 1.74 bits per heavy atom. The van der Waals surface area contributed by atoms with Crippen LogP contribution in [0.25, 0.3) is 11.1 Å². The lowest BCUT2D eigenvalue weighted by Crippen LogP contribution is -2.15. The van der Waals surface area contributed by atoms with E-state index >= 15 is 0 Å². The van der Waals surface area contributed by atoms with Crippen molar-refractivity contribution in [1.82, 2.24) is 5.16 Å². The van der Waals surface area contributed by atoms with E-state index in [1.54, 1.807) is 24.3 Å². The van der Waals surface area contributed by atoms with Gasteiger partial charge in [0.15, 0.2) is 0 Å². The average Bonchev–Trinajstić information content (AvgIpc) is 2.96. The van der Waals surface area contributed by atoms with Crippen molar-refractivity contribution in [2.24, 2.45) is 0 Å². The molecule has 3 aromatic rings. The van der Waals surface area contributed by atoms with Crippen LogP contribution in [0, 0.1) is 6.92 Å². The summed E-state index contributed by atoms with van der Waals surface area (Å²) in [6.45, 7) is 1.99. The first-order valence-electron chi connectivity index (χ1n) is 7.10. The van der Waals surface area contributed by atoms with Gasteiger partial charge in [-0.3, -0.25) is 4.72 Å². The van der Waals surface area contributed by atoms with Gasteiger partial charge in [-0.2, -0.15) is 0 Å². The maximum absolute atomic E-state index is 12.3. The molecule has 0 spiro atoms. The molecule has 6 heteroatoms. The number of hydrogen-bond acceptors (Lipinski definition) is 4. The number of aryl methyl sites for hydroxylation is 1. The molecule has 3 rings (SSSR count). The third-order valence-electron chi connectivity index (χ3n) is 3.38. The molecule has 0 aliphatic rings. The molecule has 0 saturated carbocycles. The Bertz CT molecular complexity index is 885. The zero-order chi connectivity index (χ0) is 16.3. The van der Waals surface area contributed by atoms with Gasteiger partial charge in [-0.15, -0.1) is 0 Å². The maximum Gasteiger partial charge on any atom is 0.245 e. The second kappa shape index (κ2) is 6.26. The molecule has 0 unspecified atom stereocenters. The molecular formula is C17H16N2O3S. The van der Waals surface area contributed by atoms with Gasteiger partial charge in [0.1, 0.15) is 0 Å². The van der Waals surface area contributed by atoms with E-state index in [2.05, 4.69) is 9.88 Å². The number of sulfonamides is 1. The largest absolute Gasteiger partial charge is 0.337 e. The van der Waals surface area contributed by atoms with Crippen LogP contribution in [0.2, 0.25) is 0 Å². The van der Waals surface area contributed by atoms with E-state index in [1.807, 2.05) is 37.3 Å². The van der Waals surface area contributed by atoms with Gasteiger partial charge in [-0.1, -0.05) is 65.3 Å². The first kappa shape index (κ1) is 15.3. The molecule has 0 aliphatic carbocycles. The molecule has 0 atom stereocenters. The molecule has 0 aliphatic heterocycles. The predicted molar refractivity (Wildman–Crippen MR) is 89.4 cm³/mol. The highest BCUT2D eigenvalue weighted by atomic mass is 32.2. The summed E-state index contributed by atoms with van der Waals surface area (Å²) in [5, 5.41) is 3.71. The first-order chi connectivity index (χ1) is 11.0. The van der Waals surface area contributed by atoms with Crippen LogP contribution in [0.5, 0.6) is 0 Å². The monoisotopic (exact) mass is 328 g/mol. The minimum absolute atomic E-state index is 0.123. The summed E-state index contributed by atoms with van der Waals surface area (Å²) >= 11 is 0. The van der Waals surface area contributed by atoms with Crippen molar-refractivity contribution in [2.75, 3.05) is 4.72 Å². The fourth-order valence-corrected chi connectivity index (χ4v) is 3.36. The average molecular weight is 328 g/mol. The molecule has 0 amide bonds. The van der Waals surface area contributed by atoms with Crippen LogP contribution in [-0.4, -0.2) is 13.6 Å². The standard InChI is InChI=1S/C17H16N2O3S/c1-13-7-9-15(10-8-13)16-11-18-22-17(16)19-23(20,21)12-14-5-3-2-4-6-14/h2-11,19H,12H2,1H3.